The number of aromatic nitrogens is 4. The van der Waals surface area contributed by atoms with Gasteiger partial charge in [0.15, 0.2) is 17.3 Å². The second kappa shape index (κ2) is 7.51. The molecule has 0 bridgehead atoms. The molecule has 3 aromatic rings. The molecule has 0 saturated carbocycles. The molecule has 26 heavy (non-hydrogen) atoms. The van der Waals surface area contributed by atoms with E-state index in [-0.39, 0.29) is 5.91 Å². The van der Waals surface area contributed by atoms with Crippen LogP contribution < -0.4 is 19.5 Å². The molecule has 2 aromatic heterocycles. The average Bonchev–Trinajstić information content (AvgIpc) is 3.21. The molecular formula is C17H17N5O4. The van der Waals surface area contributed by atoms with Gasteiger partial charge < -0.3 is 19.5 Å². The summed E-state index contributed by atoms with van der Waals surface area (Å²) in [6.45, 7) is 0. The van der Waals surface area contributed by atoms with Crippen LogP contribution in [0.1, 0.15) is 10.4 Å². The number of nitrogens with one attached hydrogen (secondary N) is 1. The van der Waals surface area contributed by atoms with Crippen molar-refractivity contribution in [2.24, 2.45) is 0 Å². The van der Waals surface area contributed by atoms with Gasteiger partial charge in [-0.15, -0.1) is 0 Å². The Morgan fingerprint density at radius 2 is 1.77 bits per heavy atom. The molecule has 0 fully saturated rings. The number of anilines is 1. The molecule has 3 rings (SSSR count). The number of ether oxygens (including phenoxy) is 3. The summed E-state index contributed by atoms with van der Waals surface area (Å²) in [6, 6.07) is 6.51. The highest BCUT2D eigenvalue weighted by Gasteiger charge is 2.17. The van der Waals surface area contributed by atoms with E-state index in [9.17, 15) is 4.79 Å². The van der Waals surface area contributed by atoms with E-state index in [0.717, 1.165) is 0 Å². The van der Waals surface area contributed by atoms with Crippen molar-refractivity contribution in [2.75, 3.05) is 26.6 Å². The van der Waals surface area contributed by atoms with Gasteiger partial charge in [-0.25, -0.2) is 14.6 Å². The molecule has 0 aliphatic heterocycles. The molecular weight excluding hydrogens is 338 g/mol. The van der Waals surface area contributed by atoms with Gasteiger partial charge in [0, 0.05) is 24.0 Å². The predicted octanol–water partition coefficient (Wildman–Crippen LogP) is 1.94. The third-order valence-electron chi connectivity index (χ3n) is 3.56. The van der Waals surface area contributed by atoms with Gasteiger partial charge in [-0.05, 0) is 18.2 Å². The zero-order valence-corrected chi connectivity index (χ0v) is 14.5. The van der Waals surface area contributed by atoms with Crippen molar-refractivity contribution >= 4 is 11.7 Å². The normalized spacial score (nSPS) is 10.3. The van der Waals surface area contributed by atoms with Gasteiger partial charge in [-0.3, -0.25) is 4.79 Å². The molecule has 9 nitrogen and oxygen atoms in total. The molecule has 0 aliphatic carbocycles. The Morgan fingerprint density at radius 1 is 1.04 bits per heavy atom. The quantitative estimate of drug-likeness (QED) is 0.721. The summed E-state index contributed by atoms with van der Waals surface area (Å²) in [5.41, 5.74) is 0.332. The van der Waals surface area contributed by atoms with Gasteiger partial charge in [0.25, 0.3) is 5.91 Å². The first-order valence-electron chi connectivity index (χ1n) is 7.59. The van der Waals surface area contributed by atoms with Gasteiger partial charge >= 0.3 is 0 Å². The first-order valence-corrected chi connectivity index (χ1v) is 7.59. The molecule has 0 saturated heterocycles. The van der Waals surface area contributed by atoms with Crippen LogP contribution in [-0.2, 0) is 0 Å². The minimum Gasteiger partial charge on any atom is -0.493 e. The number of rotatable bonds is 6. The Kier molecular flexibility index (Phi) is 4.97. The van der Waals surface area contributed by atoms with Crippen molar-refractivity contribution in [3.63, 3.8) is 0 Å². The molecule has 0 unspecified atom stereocenters. The van der Waals surface area contributed by atoms with Crippen LogP contribution in [0.4, 0.5) is 5.82 Å². The molecule has 134 valence electrons. The minimum absolute atomic E-state index is 0.332. The molecule has 0 aliphatic rings. The van der Waals surface area contributed by atoms with Crippen LogP contribution in [0.15, 0.2) is 43.0 Å². The minimum atomic E-state index is -0.380. The Balaban J connectivity index is 1.88. The first-order chi connectivity index (χ1) is 12.7. The molecule has 0 spiro atoms. The van der Waals surface area contributed by atoms with E-state index < -0.39 is 0 Å². The lowest BCUT2D eigenvalue weighted by Crippen LogP contribution is -2.14. The van der Waals surface area contributed by atoms with E-state index in [1.165, 1.54) is 27.7 Å². The number of nitrogens with zero attached hydrogens (tertiary/aromatic N) is 4. The van der Waals surface area contributed by atoms with Crippen LogP contribution in [-0.4, -0.2) is 47.0 Å². The number of carbonyl (C=O) groups is 1. The third kappa shape index (κ3) is 3.41. The Bertz CT molecular complexity index is 886. The van der Waals surface area contributed by atoms with Crippen molar-refractivity contribution in [1.29, 1.82) is 0 Å². The van der Waals surface area contributed by atoms with Gasteiger partial charge in [0.2, 0.25) is 5.75 Å². The fraction of sp³-hybridized carbons (Fsp3) is 0.176. The number of methoxy groups -OCH3 is 3. The number of hydrogen-bond donors (Lipinski definition) is 1. The maximum atomic E-state index is 12.6. The molecule has 9 heteroatoms. The van der Waals surface area contributed by atoms with E-state index in [4.69, 9.17) is 14.2 Å². The highest BCUT2D eigenvalue weighted by molar-refractivity contribution is 6.04. The Labute approximate surface area is 149 Å². The van der Waals surface area contributed by atoms with Crippen molar-refractivity contribution in [1.82, 2.24) is 19.7 Å². The van der Waals surface area contributed by atoms with E-state index in [0.29, 0.717) is 34.4 Å². The fourth-order valence-electron chi connectivity index (χ4n) is 2.35. The number of amides is 1. The average molecular weight is 355 g/mol. The SMILES string of the molecule is COc1cc(C(=O)Nc2cc(-n3cccn3)ncn2)cc(OC)c1OC. The summed E-state index contributed by atoms with van der Waals surface area (Å²) in [5, 5.41) is 6.81. The van der Waals surface area contributed by atoms with Gasteiger partial charge in [0.1, 0.15) is 12.1 Å². The second-order valence-electron chi connectivity index (χ2n) is 5.08. The maximum Gasteiger partial charge on any atom is 0.257 e. The van der Waals surface area contributed by atoms with Crippen LogP contribution in [0, 0.1) is 0 Å². The smallest absolute Gasteiger partial charge is 0.257 e. The van der Waals surface area contributed by atoms with Gasteiger partial charge in [-0.2, -0.15) is 5.10 Å². The van der Waals surface area contributed by atoms with Crippen LogP contribution >= 0.6 is 0 Å². The summed E-state index contributed by atoms with van der Waals surface area (Å²) in [6.07, 6.45) is 4.73. The van der Waals surface area contributed by atoms with Gasteiger partial charge in [-0.1, -0.05) is 0 Å². The van der Waals surface area contributed by atoms with Crippen LogP contribution in [0.25, 0.3) is 5.82 Å². The standard InChI is InChI=1S/C17H17N5O4/c1-24-12-7-11(8-13(25-2)16(12)26-3)17(23)21-14-9-15(19-10-18-14)22-6-4-5-20-22/h4-10H,1-3H3,(H,18,19,21,23). The molecule has 1 N–H and O–H groups in total. The topological polar surface area (TPSA) is 100 Å². The summed E-state index contributed by atoms with van der Waals surface area (Å²) >= 11 is 0. The molecule has 2 heterocycles. The number of benzene rings is 1. The summed E-state index contributed by atoms with van der Waals surface area (Å²) in [5.74, 6) is 1.67. The zero-order chi connectivity index (χ0) is 18.5. The van der Waals surface area contributed by atoms with E-state index in [1.807, 2.05) is 0 Å². The van der Waals surface area contributed by atoms with Crippen molar-refractivity contribution < 1.29 is 19.0 Å². The van der Waals surface area contributed by atoms with E-state index in [1.54, 1.807) is 41.3 Å². The fourth-order valence-corrected chi connectivity index (χ4v) is 2.35. The Morgan fingerprint density at radius 3 is 2.35 bits per heavy atom. The van der Waals surface area contributed by atoms with Crippen molar-refractivity contribution in [2.45, 2.75) is 0 Å². The van der Waals surface area contributed by atoms with Crippen molar-refractivity contribution in [3.8, 4) is 23.1 Å². The van der Waals surface area contributed by atoms with Crippen LogP contribution in [0.2, 0.25) is 0 Å². The monoisotopic (exact) mass is 355 g/mol. The molecule has 0 atom stereocenters. The lowest BCUT2D eigenvalue weighted by Gasteiger charge is -2.14. The highest BCUT2D eigenvalue weighted by Crippen LogP contribution is 2.38. The summed E-state index contributed by atoms with van der Waals surface area (Å²) in [4.78, 5) is 20.8. The number of hydrogen-bond acceptors (Lipinski definition) is 7. The summed E-state index contributed by atoms with van der Waals surface area (Å²) < 4.78 is 17.4. The zero-order valence-electron chi connectivity index (χ0n) is 14.5. The second-order valence-corrected chi connectivity index (χ2v) is 5.08. The predicted molar refractivity (Wildman–Crippen MR) is 93.2 cm³/mol. The lowest BCUT2D eigenvalue weighted by molar-refractivity contribution is 0.102. The van der Waals surface area contributed by atoms with Crippen LogP contribution in [0.3, 0.4) is 0 Å². The Hall–Kier alpha value is -3.62. The molecule has 1 amide bonds. The lowest BCUT2D eigenvalue weighted by atomic mass is 10.1. The summed E-state index contributed by atoms with van der Waals surface area (Å²) in [7, 11) is 4.47. The van der Waals surface area contributed by atoms with E-state index in [2.05, 4.69) is 20.4 Å². The van der Waals surface area contributed by atoms with Gasteiger partial charge in [0.05, 0.1) is 21.3 Å². The van der Waals surface area contributed by atoms with E-state index >= 15 is 0 Å². The first kappa shape index (κ1) is 17.2. The van der Waals surface area contributed by atoms with Crippen LogP contribution in [0.5, 0.6) is 17.2 Å². The third-order valence-corrected chi connectivity index (χ3v) is 3.56. The number of carbonyl (C=O) groups excluding carboxylic acids is 1. The molecule has 0 radical (unpaired) electrons. The largest absolute Gasteiger partial charge is 0.493 e. The molecule has 1 aromatic carbocycles. The highest BCUT2D eigenvalue weighted by atomic mass is 16.5. The maximum absolute atomic E-state index is 12.6. The van der Waals surface area contributed by atoms with Crippen molar-refractivity contribution in [3.05, 3.63) is 48.5 Å².